The Hall–Kier alpha value is -2.64. The van der Waals surface area contributed by atoms with E-state index in [1.807, 2.05) is 24.3 Å². The molecule has 0 bridgehead atoms. The number of anilines is 1. The number of aromatic nitrogens is 4. The third kappa shape index (κ3) is 3.36. The van der Waals surface area contributed by atoms with E-state index in [1.54, 1.807) is 31.2 Å². The highest BCUT2D eigenvalue weighted by Gasteiger charge is 2.18. The maximum atomic E-state index is 12.4. The standard InChI is InChI=1S/C18H14ClN5OS/c1-10(17(25)20-12-6-4-5-11(19)9-12)26-18-22-16-15(23-24-18)13-7-2-3-8-14(13)21-16/h2-10H,1H3,(H,20,25)(H,21,22,24)/t10-/m0/s1. The number of halogens is 1. The van der Waals surface area contributed by atoms with E-state index in [0.29, 0.717) is 21.5 Å². The van der Waals surface area contributed by atoms with Gasteiger partial charge < -0.3 is 10.3 Å². The van der Waals surface area contributed by atoms with Crippen LogP contribution >= 0.6 is 23.4 Å². The summed E-state index contributed by atoms with van der Waals surface area (Å²) in [5.74, 6) is -0.155. The van der Waals surface area contributed by atoms with Crippen LogP contribution in [0.4, 0.5) is 5.69 Å². The number of carbonyl (C=O) groups excluding carboxylic acids is 1. The number of aromatic amines is 1. The van der Waals surface area contributed by atoms with Crippen molar-refractivity contribution in [2.45, 2.75) is 17.3 Å². The van der Waals surface area contributed by atoms with E-state index >= 15 is 0 Å². The first-order valence-corrected chi connectivity index (χ1v) is 9.20. The highest BCUT2D eigenvalue weighted by molar-refractivity contribution is 8.00. The lowest BCUT2D eigenvalue weighted by atomic mass is 10.2. The number of carbonyl (C=O) groups is 1. The number of para-hydroxylation sites is 1. The number of rotatable bonds is 4. The van der Waals surface area contributed by atoms with Gasteiger partial charge in [0.15, 0.2) is 5.65 Å². The predicted octanol–water partition coefficient (Wildman–Crippen LogP) is 4.28. The first-order chi connectivity index (χ1) is 12.6. The number of fused-ring (bicyclic) bond motifs is 3. The molecule has 4 aromatic rings. The van der Waals surface area contributed by atoms with E-state index in [-0.39, 0.29) is 5.91 Å². The lowest BCUT2D eigenvalue weighted by molar-refractivity contribution is -0.115. The molecule has 0 fully saturated rings. The molecule has 2 N–H and O–H groups in total. The van der Waals surface area contributed by atoms with Crippen molar-refractivity contribution < 1.29 is 4.79 Å². The Morgan fingerprint density at radius 3 is 2.88 bits per heavy atom. The van der Waals surface area contributed by atoms with Gasteiger partial charge in [-0.3, -0.25) is 4.79 Å². The van der Waals surface area contributed by atoms with Crippen LogP contribution in [0.2, 0.25) is 5.02 Å². The molecule has 6 nitrogen and oxygen atoms in total. The average molecular weight is 384 g/mol. The summed E-state index contributed by atoms with van der Waals surface area (Å²) in [7, 11) is 0. The Morgan fingerprint density at radius 1 is 1.19 bits per heavy atom. The third-order valence-electron chi connectivity index (χ3n) is 3.85. The van der Waals surface area contributed by atoms with Crippen LogP contribution in [-0.4, -0.2) is 31.3 Å². The first-order valence-electron chi connectivity index (χ1n) is 7.94. The van der Waals surface area contributed by atoms with Crippen molar-refractivity contribution in [2.24, 2.45) is 0 Å². The minimum atomic E-state index is -0.391. The van der Waals surface area contributed by atoms with Crippen molar-refractivity contribution >= 4 is 57.0 Å². The molecule has 8 heteroatoms. The number of H-pyrrole nitrogens is 1. The van der Waals surface area contributed by atoms with E-state index in [0.717, 1.165) is 16.4 Å². The van der Waals surface area contributed by atoms with Crippen LogP contribution in [0.25, 0.3) is 22.1 Å². The molecular weight excluding hydrogens is 370 g/mol. The van der Waals surface area contributed by atoms with Crippen molar-refractivity contribution in [3.05, 3.63) is 53.6 Å². The maximum Gasteiger partial charge on any atom is 0.237 e. The normalized spacial score (nSPS) is 12.4. The Bertz CT molecular complexity index is 1110. The quantitative estimate of drug-likeness (QED) is 0.514. The maximum absolute atomic E-state index is 12.4. The predicted molar refractivity (Wildman–Crippen MR) is 105 cm³/mol. The Morgan fingerprint density at radius 2 is 2.04 bits per heavy atom. The first kappa shape index (κ1) is 16.8. The number of thioether (sulfide) groups is 1. The molecule has 2 aromatic heterocycles. The molecule has 2 heterocycles. The van der Waals surface area contributed by atoms with Crippen LogP contribution in [0.15, 0.2) is 53.7 Å². The lowest BCUT2D eigenvalue weighted by Gasteiger charge is -2.11. The van der Waals surface area contributed by atoms with E-state index in [2.05, 4.69) is 25.5 Å². The molecule has 2 aromatic carbocycles. The van der Waals surface area contributed by atoms with Crippen LogP contribution in [0.3, 0.4) is 0 Å². The largest absolute Gasteiger partial charge is 0.338 e. The molecule has 4 rings (SSSR count). The number of hydrogen-bond donors (Lipinski definition) is 2. The zero-order chi connectivity index (χ0) is 18.1. The molecular formula is C18H14ClN5OS. The molecule has 0 radical (unpaired) electrons. The summed E-state index contributed by atoms with van der Waals surface area (Å²) >= 11 is 7.19. The van der Waals surface area contributed by atoms with E-state index < -0.39 is 5.25 Å². The summed E-state index contributed by atoms with van der Waals surface area (Å²) < 4.78 is 0. The number of nitrogens with one attached hydrogen (secondary N) is 2. The molecule has 0 aliphatic heterocycles. The van der Waals surface area contributed by atoms with Crippen molar-refractivity contribution in [1.29, 1.82) is 0 Å². The molecule has 26 heavy (non-hydrogen) atoms. The van der Waals surface area contributed by atoms with Crippen LogP contribution < -0.4 is 5.32 Å². The minimum Gasteiger partial charge on any atom is -0.338 e. The summed E-state index contributed by atoms with van der Waals surface area (Å²) in [6, 6.07) is 14.9. The van der Waals surface area contributed by atoms with Gasteiger partial charge in [0.05, 0.1) is 5.25 Å². The van der Waals surface area contributed by atoms with Gasteiger partial charge in [-0.2, -0.15) is 0 Å². The average Bonchev–Trinajstić information content (AvgIpc) is 2.99. The number of hydrogen-bond acceptors (Lipinski definition) is 5. The van der Waals surface area contributed by atoms with Gasteiger partial charge in [0, 0.05) is 21.6 Å². The van der Waals surface area contributed by atoms with Gasteiger partial charge in [-0.25, -0.2) is 4.98 Å². The molecule has 0 unspecified atom stereocenters. The van der Waals surface area contributed by atoms with Crippen LogP contribution in [-0.2, 0) is 4.79 Å². The Balaban J connectivity index is 1.52. The van der Waals surface area contributed by atoms with Gasteiger partial charge in [0.25, 0.3) is 0 Å². The van der Waals surface area contributed by atoms with E-state index in [9.17, 15) is 4.79 Å². The second-order valence-electron chi connectivity index (χ2n) is 5.72. The molecule has 0 aliphatic rings. The highest BCUT2D eigenvalue weighted by atomic mass is 35.5. The topological polar surface area (TPSA) is 83.6 Å². The van der Waals surface area contributed by atoms with Gasteiger partial charge in [0.1, 0.15) is 5.52 Å². The van der Waals surface area contributed by atoms with Crippen LogP contribution in [0.5, 0.6) is 0 Å². The molecule has 0 aliphatic carbocycles. The minimum absolute atomic E-state index is 0.155. The Labute approximate surface area is 158 Å². The van der Waals surface area contributed by atoms with Crippen molar-refractivity contribution in [1.82, 2.24) is 20.2 Å². The number of amides is 1. The van der Waals surface area contributed by atoms with Gasteiger partial charge in [0.2, 0.25) is 11.1 Å². The van der Waals surface area contributed by atoms with Crippen LogP contribution in [0, 0.1) is 0 Å². The van der Waals surface area contributed by atoms with Gasteiger partial charge in [-0.15, -0.1) is 10.2 Å². The molecule has 0 saturated heterocycles. The summed E-state index contributed by atoms with van der Waals surface area (Å²) in [4.78, 5) is 20.1. The number of benzene rings is 2. The summed E-state index contributed by atoms with van der Waals surface area (Å²) in [6.07, 6.45) is 0. The molecule has 0 spiro atoms. The second kappa shape index (κ2) is 6.93. The fourth-order valence-corrected chi connectivity index (χ4v) is 3.48. The second-order valence-corrected chi connectivity index (χ2v) is 7.47. The highest BCUT2D eigenvalue weighted by Crippen LogP contribution is 2.25. The van der Waals surface area contributed by atoms with E-state index in [4.69, 9.17) is 11.6 Å². The lowest BCUT2D eigenvalue weighted by Crippen LogP contribution is -2.22. The van der Waals surface area contributed by atoms with Crippen molar-refractivity contribution in [2.75, 3.05) is 5.32 Å². The monoisotopic (exact) mass is 383 g/mol. The molecule has 1 amide bonds. The Kier molecular flexibility index (Phi) is 4.48. The zero-order valence-corrected chi connectivity index (χ0v) is 15.3. The molecule has 1 atom stereocenters. The summed E-state index contributed by atoms with van der Waals surface area (Å²) in [5, 5.41) is 12.8. The summed E-state index contributed by atoms with van der Waals surface area (Å²) in [6.45, 7) is 1.79. The fraction of sp³-hybridized carbons (Fsp3) is 0.111. The smallest absolute Gasteiger partial charge is 0.237 e. The van der Waals surface area contributed by atoms with Gasteiger partial charge >= 0.3 is 0 Å². The molecule has 0 saturated carbocycles. The van der Waals surface area contributed by atoms with Crippen molar-refractivity contribution in [3.8, 4) is 0 Å². The van der Waals surface area contributed by atoms with E-state index in [1.165, 1.54) is 11.8 Å². The summed E-state index contributed by atoms with van der Waals surface area (Å²) in [5.41, 5.74) is 2.99. The number of nitrogens with zero attached hydrogens (tertiary/aromatic N) is 3. The fourth-order valence-electron chi connectivity index (χ4n) is 2.58. The van der Waals surface area contributed by atoms with Crippen molar-refractivity contribution in [3.63, 3.8) is 0 Å². The SMILES string of the molecule is C[C@H](Sc1nnc2c(n1)[nH]c1ccccc12)C(=O)Nc1cccc(Cl)c1. The molecule has 130 valence electrons. The van der Waals surface area contributed by atoms with Gasteiger partial charge in [-0.1, -0.05) is 47.6 Å². The van der Waals surface area contributed by atoms with Crippen LogP contribution in [0.1, 0.15) is 6.92 Å². The van der Waals surface area contributed by atoms with Gasteiger partial charge in [-0.05, 0) is 31.2 Å². The third-order valence-corrected chi connectivity index (χ3v) is 5.03. The zero-order valence-electron chi connectivity index (χ0n) is 13.7.